The zero-order valence-electron chi connectivity index (χ0n) is 9.94. The van der Waals surface area contributed by atoms with Crippen LogP contribution < -0.4 is 5.32 Å². The SMILES string of the molecule is CNc1c(/C=C/C(C)C)nc2ccccn12. The maximum atomic E-state index is 4.57. The molecule has 0 aromatic carbocycles. The lowest BCUT2D eigenvalue weighted by Crippen LogP contribution is -1.95. The Hall–Kier alpha value is -1.77. The molecule has 0 aliphatic rings. The van der Waals surface area contributed by atoms with Crippen molar-refractivity contribution in [2.24, 2.45) is 5.92 Å². The van der Waals surface area contributed by atoms with Gasteiger partial charge < -0.3 is 5.32 Å². The van der Waals surface area contributed by atoms with Gasteiger partial charge in [0.25, 0.3) is 0 Å². The number of nitrogens with zero attached hydrogens (tertiary/aromatic N) is 2. The first-order valence-corrected chi connectivity index (χ1v) is 5.55. The van der Waals surface area contributed by atoms with Crippen LogP contribution in [0.5, 0.6) is 0 Å². The number of aromatic nitrogens is 2. The van der Waals surface area contributed by atoms with Gasteiger partial charge in [-0.15, -0.1) is 0 Å². The fraction of sp³-hybridized carbons (Fsp3) is 0.308. The number of fused-ring (bicyclic) bond motifs is 1. The van der Waals surface area contributed by atoms with Crippen LogP contribution in [-0.2, 0) is 0 Å². The highest BCUT2D eigenvalue weighted by Gasteiger charge is 2.06. The lowest BCUT2D eigenvalue weighted by Gasteiger charge is -2.00. The summed E-state index contributed by atoms with van der Waals surface area (Å²) in [5.74, 6) is 1.57. The average Bonchev–Trinajstić information content (AvgIpc) is 2.63. The first-order valence-electron chi connectivity index (χ1n) is 5.55. The highest BCUT2D eigenvalue weighted by molar-refractivity contribution is 5.66. The second-order valence-electron chi connectivity index (χ2n) is 4.13. The van der Waals surface area contributed by atoms with Gasteiger partial charge in [-0.2, -0.15) is 0 Å². The molecule has 0 spiro atoms. The summed E-state index contributed by atoms with van der Waals surface area (Å²) in [6.07, 6.45) is 6.24. The predicted octanol–water partition coefficient (Wildman–Crippen LogP) is 3.05. The van der Waals surface area contributed by atoms with E-state index in [0.29, 0.717) is 5.92 Å². The minimum Gasteiger partial charge on any atom is -0.372 e. The third-order valence-electron chi connectivity index (χ3n) is 2.43. The van der Waals surface area contributed by atoms with Crippen LogP contribution in [0.25, 0.3) is 11.7 Å². The van der Waals surface area contributed by atoms with Crippen molar-refractivity contribution in [1.82, 2.24) is 9.38 Å². The van der Waals surface area contributed by atoms with Crippen LogP contribution >= 0.6 is 0 Å². The number of rotatable bonds is 3. The summed E-state index contributed by atoms with van der Waals surface area (Å²) in [6, 6.07) is 6.01. The van der Waals surface area contributed by atoms with Crippen molar-refractivity contribution in [3.63, 3.8) is 0 Å². The third kappa shape index (κ3) is 1.94. The Balaban J connectivity index is 2.52. The van der Waals surface area contributed by atoms with E-state index in [1.807, 2.05) is 31.4 Å². The van der Waals surface area contributed by atoms with Gasteiger partial charge in [0, 0.05) is 13.2 Å². The van der Waals surface area contributed by atoms with E-state index in [4.69, 9.17) is 0 Å². The zero-order valence-corrected chi connectivity index (χ0v) is 9.94. The number of nitrogens with one attached hydrogen (secondary N) is 1. The molecule has 0 aliphatic carbocycles. The second-order valence-corrected chi connectivity index (χ2v) is 4.13. The van der Waals surface area contributed by atoms with E-state index in [-0.39, 0.29) is 0 Å². The Labute approximate surface area is 95.8 Å². The zero-order chi connectivity index (χ0) is 11.5. The fourth-order valence-corrected chi connectivity index (χ4v) is 1.66. The van der Waals surface area contributed by atoms with E-state index in [1.54, 1.807) is 0 Å². The van der Waals surface area contributed by atoms with Gasteiger partial charge in [-0.05, 0) is 24.1 Å². The van der Waals surface area contributed by atoms with Crippen molar-refractivity contribution in [3.8, 4) is 0 Å². The molecule has 3 heteroatoms. The van der Waals surface area contributed by atoms with Crippen LogP contribution in [0, 0.1) is 5.92 Å². The van der Waals surface area contributed by atoms with Crippen molar-refractivity contribution in [1.29, 1.82) is 0 Å². The molecule has 0 radical (unpaired) electrons. The van der Waals surface area contributed by atoms with Crippen LogP contribution in [0.3, 0.4) is 0 Å². The van der Waals surface area contributed by atoms with Gasteiger partial charge in [-0.3, -0.25) is 4.40 Å². The molecule has 16 heavy (non-hydrogen) atoms. The van der Waals surface area contributed by atoms with Crippen molar-refractivity contribution >= 4 is 17.5 Å². The van der Waals surface area contributed by atoms with Gasteiger partial charge in [0.05, 0.1) is 0 Å². The van der Waals surface area contributed by atoms with E-state index in [9.17, 15) is 0 Å². The summed E-state index contributed by atoms with van der Waals surface area (Å²) in [6.45, 7) is 4.32. The summed E-state index contributed by atoms with van der Waals surface area (Å²) in [5, 5.41) is 3.19. The molecular weight excluding hydrogens is 198 g/mol. The van der Waals surface area contributed by atoms with Crippen LogP contribution in [0.1, 0.15) is 19.5 Å². The quantitative estimate of drug-likeness (QED) is 0.852. The Morgan fingerprint density at radius 2 is 2.19 bits per heavy atom. The minimum absolute atomic E-state index is 0.537. The van der Waals surface area contributed by atoms with Crippen molar-refractivity contribution in [3.05, 3.63) is 36.2 Å². The molecule has 1 N–H and O–H groups in total. The van der Waals surface area contributed by atoms with Crippen LogP contribution in [-0.4, -0.2) is 16.4 Å². The van der Waals surface area contributed by atoms with E-state index in [0.717, 1.165) is 17.2 Å². The average molecular weight is 215 g/mol. The van der Waals surface area contributed by atoms with Crippen LogP contribution in [0.4, 0.5) is 5.82 Å². The molecule has 0 atom stereocenters. The molecule has 0 saturated carbocycles. The Morgan fingerprint density at radius 1 is 1.38 bits per heavy atom. The second kappa shape index (κ2) is 4.39. The lowest BCUT2D eigenvalue weighted by atomic mass is 10.2. The molecule has 0 fully saturated rings. The molecule has 0 aliphatic heterocycles. The fourth-order valence-electron chi connectivity index (χ4n) is 1.66. The predicted molar refractivity (Wildman–Crippen MR) is 68.6 cm³/mol. The van der Waals surface area contributed by atoms with Crippen LogP contribution in [0.2, 0.25) is 0 Å². The van der Waals surface area contributed by atoms with Crippen molar-refractivity contribution in [2.45, 2.75) is 13.8 Å². The molecule has 0 bridgehead atoms. The molecule has 2 aromatic rings. The molecule has 2 aromatic heterocycles. The molecule has 0 amide bonds. The monoisotopic (exact) mass is 215 g/mol. The highest BCUT2D eigenvalue weighted by atomic mass is 15.1. The molecule has 0 unspecified atom stereocenters. The van der Waals surface area contributed by atoms with Crippen molar-refractivity contribution < 1.29 is 0 Å². The molecule has 3 nitrogen and oxygen atoms in total. The number of allylic oxidation sites excluding steroid dienone is 1. The smallest absolute Gasteiger partial charge is 0.139 e. The Kier molecular flexibility index (Phi) is 2.95. The van der Waals surface area contributed by atoms with Gasteiger partial charge in [-0.25, -0.2) is 4.98 Å². The number of hydrogen-bond donors (Lipinski definition) is 1. The molecule has 0 saturated heterocycles. The van der Waals surface area contributed by atoms with Gasteiger partial charge in [0.1, 0.15) is 17.2 Å². The molecule has 84 valence electrons. The first kappa shape index (κ1) is 10.7. The van der Waals surface area contributed by atoms with E-state index in [1.165, 1.54) is 0 Å². The largest absolute Gasteiger partial charge is 0.372 e. The minimum atomic E-state index is 0.537. The van der Waals surface area contributed by atoms with E-state index < -0.39 is 0 Å². The van der Waals surface area contributed by atoms with Crippen molar-refractivity contribution in [2.75, 3.05) is 12.4 Å². The first-order chi connectivity index (χ1) is 7.72. The molecular formula is C13H17N3. The number of anilines is 1. The highest BCUT2D eigenvalue weighted by Crippen LogP contribution is 2.19. The summed E-state index contributed by atoms with van der Waals surface area (Å²) in [5.41, 5.74) is 1.96. The number of pyridine rings is 1. The summed E-state index contributed by atoms with van der Waals surface area (Å²) < 4.78 is 2.06. The van der Waals surface area contributed by atoms with Gasteiger partial charge in [0.2, 0.25) is 0 Å². The molecule has 2 rings (SSSR count). The normalized spacial score (nSPS) is 11.8. The summed E-state index contributed by atoms with van der Waals surface area (Å²) in [7, 11) is 1.92. The summed E-state index contributed by atoms with van der Waals surface area (Å²) in [4.78, 5) is 4.57. The maximum Gasteiger partial charge on any atom is 0.139 e. The van der Waals surface area contributed by atoms with E-state index >= 15 is 0 Å². The topological polar surface area (TPSA) is 29.3 Å². The third-order valence-corrected chi connectivity index (χ3v) is 2.43. The molecule has 2 heterocycles. The summed E-state index contributed by atoms with van der Waals surface area (Å²) >= 11 is 0. The van der Waals surface area contributed by atoms with Gasteiger partial charge in [-0.1, -0.05) is 26.0 Å². The van der Waals surface area contributed by atoms with Crippen LogP contribution in [0.15, 0.2) is 30.5 Å². The van der Waals surface area contributed by atoms with Gasteiger partial charge >= 0.3 is 0 Å². The number of hydrogen-bond acceptors (Lipinski definition) is 2. The maximum absolute atomic E-state index is 4.57. The van der Waals surface area contributed by atoms with Gasteiger partial charge in [0.15, 0.2) is 0 Å². The lowest BCUT2D eigenvalue weighted by molar-refractivity contribution is 0.836. The standard InChI is InChI=1S/C13H17N3/c1-10(2)7-8-11-13(14-3)16-9-5-4-6-12(16)15-11/h4-10,14H,1-3H3/b8-7+. The van der Waals surface area contributed by atoms with E-state index in [2.05, 4.69) is 40.7 Å². The Bertz CT molecular complexity index is 509. The number of imidazole rings is 1. The Morgan fingerprint density at radius 3 is 2.88 bits per heavy atom.